The van der Waals surface area contributed by atoms with Gasteiger partial charge in [0, 0.05) is 16.7 Å². The molecule has 0 saturated heterocycles. The molecule has 67 heavy (non-hydrogen) atoms. The Hall–Kier alpha value is -8.72. The molecule has 0 bridgehead atoms. The molecule has 0 saturated carbocycles. The number of fused-ring (bicyclic) bond motifs is 12. The van der Waals surface area contributed by atoms with Crippen molar-refractivity contribution in [3.05, 3.63) is 277 Å². The first-order valence-corrected chi connectivity index (χ1v) is 23.1. The van der Waals surface area contributed by atoms with Crippen molar-refractivity contribution in [2.45, 2.75) is 5.41 Å². The second kappa shape index (κ2) is 15.8. The van der Waals surface area contributed by atoms with Gasteiger partial charge in [0.1, 0.15) is 0 Å². The zero-order chi connectivity index (χ0) is 44.3. The van der Waals surface area contributed by atoms with Crippen LogP contribution in [0.5, 0.6) is 0 Å². The molecule has 0 amide bonds. The van der Waals surface area contributed by atoms with Crippen LogP contribution in [0.1, 0.15) is 22.3 Å². The second-order valence-electron chi connectivity index (χ2n) is 17.6. The third kappa shape index (κ3) is 6.33. The molecule has 2 aliphatic carbocycles. The quantitative estimate of drug-likeness (QED) is 0.167. The van der Waals surface area contributed by atoms with Gasteiger partial charge in [-0.25, -0.2) is 9.97 Å². The zero-order valence-corrected chi connectivity index (χ0v) is 36.6. The standard InChI is InChI=1S/C65H42N2/c1-4-19-43(20-5-1)46-25-18-26-47(37-46)62-42-63(51-39-49(44-21-6-2-7-22-44)38-50(40-51)45-23-8-3-9-24-45)67-64(66-62)48-35-36-61-57(41-48)56-31-14-17-34-60(56)65(61)58-32-15-12-29-54(58)52-27-10-11-28-53(52)55-30-13-16-33-59(55)65/h1-42H. The Kier molecular flexibility index (Phi) is 9.11. The molecule has 13 rings (SSSR count). The van der Waals surface area contributed by atoms with Gasteiger partial charge in [0.25, 0.3) is 0 Å². The van der Waals surface area contributed by atoms with Gasteiger partial charge >= 0.3 is 0 Å². The summed E-state index contributed by atoms with van der Waals surface area (Å²) in [6, 6.07) is 92.6. The van der Waals surface area contributed by atoms with Crippen molar-refractivity contribution in [1.29, 1.82) is 0 Å². The normalized spacial score (nSPS) is 12.6. The van der Waals surface area contributed by atoms with Crippen LogP contribution in [0, 0.1) is 0 Å². The van der Waals surface area contributed by atoms with Crippen LogP contribution in [-0.4, -0.2) is 9.97 Å². The lowest BCUT2D eigenvalue weighted by Gasteiger charge is -2.35. The largest absolute Gasteiger partial charge is 0.228 e. The number of hydrogen-bond donors (Lipinski definition) is 0. The Morgan fingerprint density at radius 2 is 0.582 bits per heavy atom. The van der Waals surface area contributed by atoms with Gasteiger partial charge in [-0.05, 0) is 125 Å². The van der Waals surface area contributed by atoms with Gasteiger partial charge in [-0.3, -0.25) is 0 Å². The maximum absolute atomic E-state index is 5.54. The smallest absolute Gasteiger partial charge is 0.160 e. The van der Waals surface area contributed by atoms with Crippen LogP contribution in [0.4, 0.5) is 0 Å². The van der Waals surface area contributed by atoms with Gasteiger partial charge in [-0.15, -0.1) is 0 Å². The van der Waals surface area contributed by atoms with E-state index in [0.29, 0.717) is 5.82 Å². The molecule has 2 aliphatic rings. The molecule has 2 heteroatoms. The minimum Gasteiger partial charge on any atom is -0.228 e. The average molecular weight is 851 g/mol. The molecular weight excluding hydrogens is 809 g/mol. The molecule has 0 atom stereocenters. The summed E-state index contributed by atoms with van der Waals surface area (Å²) in [5, 5.41) is 0. The SMILES string of the molecule is c1ccc(-c2cccc(-c3cc(-c4cc(-c5ccccc5)cc(-c5ccccc5)c4)nc(-c4ccc5c(c4)-c4ccccc4C54c5ccccc5-c5ccccc5-c5ccccc54)n3)c2)cc1. The molecule has 2 nitrogen and oxygen atoms in total. The molecule has 10 aromatic carbocycles. The van der Waals surface area contributed by atoms with Crippen molar-refractivity contribution in [3.63, 3.8) is 0 Å². The van der Waals surface area contributed by atoms with E-state index < -0.39 is 5.41 Å². The lowest BCUT2D eigenvalue weighted by Crippen LogP contribution is -2.29. The zero-order valence-electron chi connectivity index (χ0n) is 36.6. The van der Waals surface area contributed by atoms with Crippen LogP contribution >= 0.6 is 0 Å². The summed E-state index contributed by atoms with van der Waals surface area (Å²) in [5.74, 6) is 0.680. The highest BCUT2D eigenvalue weighted by Gasteiger charge is 2.49. The van der Waals surface area contributed by atoms with E-state index in [2.05, 4.69) is 255 Å². The number of hydrogen-bond acceptors (Lipinski definition) is 2. The highest BCUT2D eigenvalue weighted by atomic mass is 14.9. The highest BCUT2D eigenvalue weighted by Crippen LogP contribution is 2.61. The Labute approximate surface area is 391 Å². The number of rotatable bonds is 6. The summed E-state index contributed by atoms with van der Waals surface area (Å²) in [7, 11) is 0. The molecule has 1 heterocycles. The fourth-order valence-corrected chi connectivity index (χ4v) is 10.9. The van der Waals surface area contributed by atoms with Crippen LogP contribution in [0.15, 0.2) is 255 Å². The fraction of sp³-hybridized carbons (Fsp3) is 0.0154. The third-order valence-electron chi connectivity index (χ3n) is 13.9. The van der Waals surface area contributed by atoms with Gasteiger partial charge in [-0.1, -0.05) is 218 Å². The molecule has 312 valence electrons. The molecule has 0 fully saturated rings. The number of nitrogens with zero attached hydrogens (tertiary/aromatic N) is 2. The Bertz CT molecular complexity index is 3560. The topological polar surface area (TPSA) is 25.8 Å². The van der Waals surface area contributed by atoms with Crippen molar-refractivity contribution >= 4 is 0 Å². The second-order valence-corrected chi connectivity index (χ2v) is 17.6. The third-order valence-corrected chi connectivity index (χ3v) is 13.9. The maximum atomic E-state index is 5.54. The molecule has 0 aliphatic heterocycles. The predicted octanol–water partition coefficient (Wildman–Crippen LogP) is 16.5. The van der Waals surface area contributed by atoms with E-state index in [4.69, 9.17) is 9.97 Å². The minimum absolute atomic E-state index is 0.561. The predicted molar refractivity (Wildman–Crippen MR) is 276 cm³/mol. The lowest BCUT2D eigenvalue weighted by molar-refractivity contribution is 0.775. The monoisotopic (exact) mass is 850 g/mol. The summed E-state index contributed by atoms with van der Waals surface area (Å²) in [6.07, 6.45) is 0. The Balaban J connectivity index is 1.05. The van der Waals surface area contributed by atoms with Crippen molar-refractivity contribution in [3.8, 4) is 101 Å². The molecule has 0 unspecified atom stereocenters. The maximum Gasteiger partial charge on any atom is 0.160 e. The summed E-state index contributed by atoms with van der Waals surface area (Å²) in [6.45, 7) is 0. The van der Waals surface area contributed by atoms with Gasteiger partial charge < -0.3 is 0 Å². The van der Waals surface area contributed by atoms with Gasteiger partial charge in [0.05, 0.1) is 16.8 Å². The van der Waals surface area contributed by atoms with Crippen LogP contribution in [0.25, 0.3) is 101 Å². The first-order valence-electron chi connectivity index (χ1n) is 23.1. The van der Waals surface area contributed by atoms with Crippen LogP contribution < -0.4 is 0 Å². The van der Waals surface area contributed by atoms with Gasteiger partial charge in [0.2, 0.25) is 0 Å². The Morgan fingerprint density at radius 3 is 1.12 bits per heavy atom. The molecule has 1 spiro atoms. The Morgan fingerprint density at radius 1 is 0.209 bits per heavy atom. The molecule has 0 radical (unpaired) electrons. The first-order chi connectivity index (χ1) is 33.2. The van der Waals surface area contributed by atoms with E-state index >= 15 is 0 Å². The van der Waals surface area contributed by atoms with E-state index in [0.717, 1.165) is 61.5 Å². The molecule has 0 N–H and O–H groups in total. The van der Waals surface area contributed by atoms with Crippen molar-refractivity contribution in [2.24, 2.45) is 0 Å². The summed E-state index contributed by atoms with van der Waals surface area (Å²) < 4.78 is 0. The highest BCUT2D eigenvalue weighted by molar-refractivity contribution is 5.98. The van der Waals surface area contributed by atoms with E-state index in [1.54, 1.807) is 0 Å². The molecule has 11 aromatic rings. The van der Waals surface area contributed by atoms with E-state index in [9.17, 15) is 0 Å². The number of benzene rings is 10. The molecular formula is C65H42N2. The number of aromatic nitrogens is 2. The van der Waals surface area contributed by atoms with Crippen LogP contribution in [0.2, 0.25) is 0 Å². The van der Waals surface area contributed by atoms with E-state index in [-0.39, 0.29) is 0 Å². The van der Waals surface area contributed by atoms with Crippen molar-refractivity contribution < 1.29 is 0 Å². The van der Waals surface area contributed by atoms with Gasteiger partial charge in [0.15, 0.2) is 5.82 Å². The van der Waals surface area contributed by atoms with Crippen LogP contribution in [0.3, 0.4) is 0 Å². The van der Waals surface area contributed by atoms with Crippen molar-refractivity contribution in [2.75, 3.05) is 0 Å². The average Bonchev–Trinajstić information content (AvgIpc) is 3.65. The summed E-state index contributed by atoms with van der Waals surface area (Å²) in [4.78, 5) is 11.0. The van der Waals surface area contributed by atoms with Crippen LogP contribution in [-0.2, 0) is 5.41 Å². The minimum atomic E-state index is -0.561. The summed E-state index contributed by atoms with van der Waals surface area (Å²) >= 11 is 0. The van der Waals surface area contributed by atoms with Crippen molar-refractivity contribution in [1.82, 2.24) is 9.97 Å². The van der Waals surface area contributed by atoms with Gasteiger partial charge in [-0.2, -0.15) is 0 Å². The van der Waals surface area contributed by atoms with E-state index in [1.165, 1.54) is 55.6 Å². The fourth-order valence-electron chi connectivity index (χ4n) is 10.9. The molecule has 1 aromatic heterocycles. The lowest BCUT2D eigenvalue weighted by atomic mass is 9.66. The summed E-state index contributed by atoms with van der Waals surface area (Å²) in [5.41, 5.74) is 23.7. The van der Waals surface area contributed by atoms with E-state index in [1.807, 2.05) is 0 Å². The first kappa shape index (κ1) is 38.7.